The first-order valence-electron chi connectivity index (χ1n) is 10.3. The topological polar surface area (TPSA) is 37.4 Å². The lowest BCUT2D eigenvalue weighted by atomic mass is 9.69. The summed E-state index contributed by atoms with van der Waals surface area (Å²) in [5.41, 5.74) is 4.07. The van der Waals surface area contributed by atoms with Crippen LogP contribution in [0, 0.1) is 5.41 Å². The lowest BCUT2D eigenvalue weighted by molar-refractivity contribution is -0.121. The van der Waals surface area contributed by atoms with E-state index in [0.29, 0.717) is 28.5 Å². The fourth-order valence-electron chi connectivity index (χ4n) is 4.65. The van der Waals surface area contributed by atoms with Crippen molar-refractivity contribution in [2.24, 2.45) is 5.41 Å². The van der Waals surface area contributed by atoms with Gasteiger partial charge in [0.05, 0.1) is 10.0 Å². The standard InChI is InChI=1S/C25H25Cl2NO2/c1-4-15-8-10-16(11-9-15)28-20-13-25(2,3)14-21(29)23(20)18(12-22(28)30)17-6-5-7-19(26)24(17)27/h5-11,18H,4,12-14H2,1-3H3. The molecule has 1 unspecified atom stereocenters. The van der Waals surface area contributed by atoms with E-state index in [0.717, 1.165) is 23.4 Å². The molecule has 0 bridgehead atoms. The van der Waals surface area contributed by atoms with Crippen molar-refractivity contribution >= 4 is 40.6 Å². The molecule has 2 aliphatic rings. The van der Waals surface area contributed by atoms with Gasteiger partial charge in [-0.15, -0.1) is 0 Å². The number of carbonyl (C=O) groups excluding carboxylic acids is 2. The zero-order valence-electron chi connectivity index (χ0n) is 17.5. The van der Waals surface area contributed by atoms with Gasteiger partial charge in [-0.05, 0) is 47.6 Å². The molecule has 0 N–H and O–H groups in total. The van der Waals surface area contributed by atoms with Crippen molar-refractivity contribution in [2.75, 3.05) is 4.90 Å². The maximum atomic E-state index is 13.4. The Morgan fingerprint density at radius 3 is 2.40 bits per heavy atom. The van der Waals surface area contributed by atoms with Crippen LogP contribution in [0.15, 0.2) is 53.7 Å². The predicted molar refractivity (Wildman–Crippen MR) is 122 cm³/mol. The number of aryl methyl sites for hydroxylation is 1. The van der Waals surface area contributed by atoms with E-state index in [1.54, 1.807) is 11.0 Å². The van der Waals surface area contributed by atoms with Gasteiger partial charge in [-0.1, -0.05) is 68.2 Å². The number of benzene rings is 2. The molecule has 0 spiro atoms. The van der Waals surface area contributed by atoms with E-state index in [-0.39, 0.29) is 29.4 Å². The summed E-state index contributed by atoms with van der Waals surface area (Å²) in [6, 6.07) is 13.4. The second kappa shape index (κ2) is 7.86. The van der Waals surface area contributed by atoms with E-state index in [9.17, 15) is 9.59 Å². The highest BCUT2D eigenvalue weighted by atomic mass is 35.5. The second-order valence-corrected chi connectivity index (χ2v) is 9.74. The molecule has 0 saturated heterocycles. The number of Topliss-reactive ketones (excluding diaryl/α,β-unsaturated/α-hetero) is 1. The monoisotopic (exact) mass is 441 g/mol. The highest BCUT2D eigenvalue weighted by molar-refractivity contribution is 6.42. The summed E-state index contributed by atoms with van der Waals surface area (Å²) in [5, 5.41) is 0.854. The van der Waals surface area contributed by atoms with Crippen LogP contribution in [0.5, 0.6) is 0 Å². The highest BCUT2D eigenvalue weighted by Crippen LogP contribution is 2.49. The molecule has 3 nitrogen and oxygen atoms in total. The van der Waals surface area contributed by atoms with Crippen LogP contribution in [0.4, 0.5) is 5.69 Å². The van der Waals surface area contributed by atoms with Crippen molar-refractivity contribution in [3.8, 4) is 0 Å². The van der Waals surface area contributed by atoms with Gasteiger partial charge in [-0.25, -0.2) is 0 Å². The lowest BCUT2D eigenvalue weighted by Crippen LogP contribution is -2.43. The Morgan fingerprint density at radius 1 is 1.03 bits per heavy atom. The van der Waals surface area contributed by atoms with Gasteiger partial charge in [0.1, 0.15) is 0 Å². The van der Waals surface area contributed by atoms with Gasteiger partial charge in [-0.2, -0.15) is 0 Å². The number of carbonyl (C=O) groups is 2. The Labute approximate surface area is 187 Å². The molecule has 0 fully saturated rings. The molecule has 30 heavy (non-hydrogen) atoms. The summed E-state index contributed by atoms with van der Waals surface area (Å²) in [5.74, 6) is -0.303. The third kappa shape index (κ3) is 3.70. The first-order valence-corrected chi connectivity index (χ1v) is 11.1. The molecule has 1 heterocycles. The summed E-state index contributed by atoms with van der Waals surface area (Å²) in [6.45, 7) is 6.25. The van der Waals surface area contributed by atoms with Crippen LogP contribution < -0.4 is 4.90 Å². The van der Waals surface area contributed by atoms with Crippen molar-refractivity contribution < 1.29 is 9.59 Å². The number of halogens is 2. The summed E-state index contributed by atoms with van der Waals surface area (Å²) >= 11 is 12.8. The number of amides is 1. The largest absolute Gasteiger partial charge is 0.294 e. The smallest absolute Gasteiger partial charge is 0.232 e. The Hall–Kier alpha value is -2.10. The molecule has 2 aromatic rings. The van der Waals surface area contributed by atoms with E-state index < -0.39 is 0 Å². The number of anilines is 1. The molecule has 5 heteroatoms. The number of rotatable bonds is 3. The third-order valence-electron chi connectivity index (χ3n) is 6.10. The van der Waals surface area contributed by atoms with Gasteiger partial charge in [0.25, 0.3) is 0 Å². The quantitative estimate of drug-likeness (QED) is 0.529. The SMILES string of the molecule is CCc1ccc(N2C(=O)CC(c3cccc(Cl)c3Cl)C3=C2CC(C)(C)CC3=O)cc1. The summed E-state index contributed by atoms with van der Waals surface area (Å²) in [4.78, 5) is 28.5. The van der Waals surface area contributed by atoms with Gasteiger partial charge in [0.2, 0.25) is 5.91 Å². The van der Waals surface area contributed by atoms with E-state index >= 15 is 0 Å². The van der Waals surface area contributed by atoms with Crippen molar-refractivity contribution in [2.45, 2.75) is 52.4 Å². The number of hydrogen-bond acceptors (Lipinski definition) is 2. The molecule has 0 saturated carbocycles. The minimum absolute atomic E-state index is 0.0236. The number of hydrogen-bond donors (Lipinski definition) is 0. The normalized spacial score (nSPS) is 21.1. The van der Waals surface area contributed by atoms with Crippen LogP contribution in [-0.2, 0) is 16.0 Å². The molecular formula is C25H25Cl2NO2. The maximum Gasteiger partial charge on any atom is 0.232 e. The molecule has 156 valence electrons. The zero-order chi connectivity index (χ0) is 21.6. The highest BCUT2D eigenvalue weighted by Gasteiger charge is 2.44. The van der Waals surface area contributed by atoms with E-state index in [2.05, 4.69) is 20.8 Å². The minimum atomic E-state index is -0.367. The van der Waals surface area contributed by atoms with Crippen LogP contribution >= 0.6 is 23.2 Å². The third-order valence-corrected chi connectivity index (χ3v) is 6.94. The number of nitrogens with zero attached hydrogens (tertiary/aromatic N) is 1. The van der Waals surface area contributed by atoms with Gasteiger partial charge < -0.3 is 0 Å². The van der Waals surface area contributed by atoms with Crippen molar-refractivity contribution in [1.82, 2.24) is 0 Å². The second-order valence-electron chi connectivity index (χ2n) is 8.95. The van der Waals surface area contributed by atoms with E-state index in [1.165, 1.54) is 5.56 Å². The fraction of sp³-hybridized carbons (Fsp3) is 0.360. The Balaban J connectivity index is 1.90. The van der Waals surface area contributed by atoms with Crippen molar-refractivity contribution in [3.63, 3.8) is 0 Å². The summed E-state index contributed by atoms with van der Waals surface area (Å²) in [6.07, 6.45) is 2.24. The van der Waals surface area contributed by atoms with Crippen LogP contribution in [-0.4, -0.2) is 11.7 Å². The molecule has 1 amide bonds. The van der Waals surface area contributed by atoms with Gasteiger partial charge in [0, 0.05) is 35.7 Å². The Bertz CT molecular complexity index is 1050. The van der Waals surface area contributed by atoms with Gasteiger partial charge in [-0.3, -0.25) is 14.5 Å². The maximum absolute atomic E-state index is 13.4. The Morgan fingerprint density at radius 2 is 1.73 bits per heavy atom. The van der Waals surface area contributed by atoms with Crippen molar-refractivity contribution in [3.05, 3.63) is 74.9 Å². The van der Waals surface area contributed by atoms with E-state index in [1.807, 2.05) is 36.4 Å². The molecule has 1 aliphatic carbocycles. The molecule has 0 aromatic heterocycles. The van der Waals surface area contributed by atoms with Crippen LogP contribution in [0.3, 0.4) is 0 Å². The first-order chi connectivity index (χ1) is 14.2. The number of allylic oxidation sites excluding steroid dienone is 2. The molecule has 4 rings (SSSR count). The van der Waals surface area contributed by atoms with Crippen LogP contribution in [0.1, 0.15) is 57.1 Å². The molecule has 1 atom stereocenters. The average Bonchev–Trinajstić information content (AvgIpc) is 2.68. The Kier molecular flexibility index (Phi) is 5.54. The van der Waals surface area contributed by atoms with Gasteiger partial charge >= 0.3 is 0 Å². The molecule has 0 radical (unpaired) electrons. The lowest BCUT2D eigenvalue weighted by Gasteiger charge is -2.43. The predicted octanol–water partition coefficient (Wildman–Crippen LogP) is 6.72. The summed E-state index contributed by atoms with van der Waals surface area (Å²) in [7, 11) is 0. The zero-order valence-corrected chi connectivity index (χ0v) is 19.0. The average molecular weight is 442 g/mol. The van der Waals surface area contributed by atoms with Crippen LogP contribution in [0.2, 0.25) is 10.0 Å². The van der Waals surface area contributed by atoms with Gasteiger partial charge in [0.15, 0.2) is 5.78 Å². The molecule has 2 aromatic carbocycles. The number of ketones is 1. The minimum Gasteiger partial charge on any atom is -0.294 e. The summed E-state index contributed by atoms with van der Waals surface area (Å²) < 4.78 is 0. The van der Waals surface area contributed by atoms with Crippen molar-refractivity contribution in [1.29, 1.82) is 0 Å². The first kappa shape index (κ1) is 21.1. The molecule has 1 aliphatic heterocycles. The molecular weight excluding hydrogens is 417 g/mol. The fourth-order valence-corrected chi connectivity index (χ4v) is 5.09. The van der Waals surface area contributed by atoms with E-state index in [4.69, 9.17) is 23.2 Å². The van der Waals surface area contributed by atoms with Crippen LogP contribution in [0.25, 0.3) is 0 Å².